The van der Waals surface area contributed by atoms with Gasteiger partial charge in [-0.1, -0.05) is 13.0 Å². The van der Waals surface area contributed by atoms with E-state index in [0.717, 1.165) is 5.69 Å². The Labute approximate surface area is 163 Å². The summed E-state index contributed by atoms with van der Waals surface area (Å²) in [6.07, 6.45) is 0.597. The van der Waals surface area contributed by atoms with Gasteiger partial charge in [-0.3, -0.25) is 14.9 Å². The molecule has 0 saturated carbocycles. The van der Waals surface area contributed by atoms with E-state index in [1.54, 1.807) is 50.4 Å². The Morgan fingerprint density at radius 3 is 2.29 bits per heavy atom. The van der Waals surface area contributed by atoms with E-state index in [4.69, 9.17) is 9.84 Å². The predicted molar refractivity (Wildman–Crippen MR) is 108 cm³/mol. The molecule has 1 heterocycles. The molecule has 0 aliphatic rings. The van der Waals surface area contributed by atoms with E-state index >= 15 is 0 Å². The molecule has 1 N–H and O–H groups in total. The number of nitrogens with zero attached hydrogens (tertiary/aromatic N) is 2. The normalized spacial score (nSPS) is 10.3. The van der Waals surface area contributed by atoms with E-state index in [1.165, 1.54) is 6.07 Å². The Hall–Kier alpha value is -3.19. The molecule has 0 fully saturated rings. The second-order valence-corrected chi connectivity index (χ2v) is 6.04. The SMILES string of the molecule is CCO.CCc1c(C(=O)c2ccc(OC)cc2)c2c([N+](=O)[O-])cccc2n1C. The molecule has 28 heavy (non-hydrogen) atoms. The standard InChI is InChI=1S/C19H18N2O4.C2H6O/c1-4-14-18(19(22)12-8-10-13(25-3)11-9-12)17-15(20(14)2)6-5-7-16(17)21(23)24;1-2-3/h5-11H,4H2,1-3H3;3H,2H2,1H3. The maximum absolute atomic E-state index is 13.2. The summed E-state index contributed by atoms with van der Waals surface area (Å²) in [5, 5.41) is 19.5. The Kier molecular flexibility index (Phi) is 6.89. The van der Waals surface area contributed by atoms with Crippen LogP contribution in [0.25, 0.3) is 10.9 Å². The summed E-state index contributed by atoms with van der Waals surface area (Å²) in [4.78, 5) is 24.2. The van der Waals surface area contributed by atoms with Gasteiger partial charge >= 0.3 is 0 Å². The molecule has 0 unspecified atom stereocenters. The molecule has 7 heteroatoms. The van der Waals surface area contributed by atoms with Crippen molar-refractivity contribution in [2.45, 2.75) is 20.3 Å². The van der Waals surface area contributed by atoms with Crippen LogP contribution in [0.15, 0.2) is 42.5 Å². The van der Waals surface area contributed by atoms with Crippen molar-refractivity contribution in [3.05, 3.63) is 69.4 Å². The molecule has 7 nitrogen and oxygen atoms in total. The van der Waals surface area contributed by atoms with Crippen molar-refractivity contribution < 1.29 is 19.6 Å². The van der Waals surface area contributed by atoms with Crippen LogP contribution in [0.5, 0.6) is 5.75 Å². The molecule has 3 aromatic rings. The molecule has 2 aromatic carbocycles. The fourth-order valence-electron chi connectivity index (χ4n) is 3.22. The Balaban J connectivity index is 0.000000878. The van der Waals surface area contributed by atoms with E-state index in [9.17, 15) is 14.9 Å². The van der Waals surface area contributed by atoms with Crippen molar-refractivity contribution in [2.75, 3.05) is 13.7 Å². The van der Waals surface area contributed by atoms with Crippen LogP contribution in [0.3, 0.4) is 0 Å². The molecule has 0 bridgehead atoms. The van der Waals surface area contributed by atoms with Crippen molar-refractivity contribution in [1.82, 2.24) is 4.57 Å². The Morgan fingerprint density at radius 1 is 1.18 bits per heavy atom. The second kappa shape index (κ2) is 9.14. The van der Waals surface area contributed by atoms with Crippen molar-refractivity contribution in [1.29, 1.82) is 0 Å². The zero-order chi connectivity index (χ0) is 20.8. The summed E-state index contributed by atoms with van der Waals surface area (Å²) in [6, 6.07) is 11.6. The number of hydrogen-bond acceptors (Lipinski definition) is 5. The molecule has 0 saturated heterocycles. The summed E-state index contributed by atoms with van der Waals surface area (Å²) in [5.41, 5.74) is 2.29. The summed E-state index contributed by atoms with van der Waals surface area (Å²) in [7, 11) is 3.38. The third kappa shape index (κ3) is 3.89. The smallest absolute Gasteiger partial charge is 0.279 e. The second-order valence-electron chi connectivity index (χ2n) is 6.04. The molecule has 1 aromatic heterocycles. The summed E-state index contributed by atoms with van der Waals surface area (Å²) in [5.74, 6) is 0.426. The van der Waals surface area contributed by atoms with Gasteiger partial charge in [-0.05, 0) is 43.7 Å². The lowest BCUT2D eigenvalue weighted by Crippen LogP contribution is -2.06. The van der Waals surface area contributed by atoms with Crippen LogP contribution < -0.4 is 4.74 Å². The number of carbonyl (C=O) groups is 1. The first-order chi connectivity index (χ1) is 13.4. The van der Waals surface area contributed by atoms with Crippen molar-refractivity contribution >= 4 is 22.4 Å². The number of non-ortho nitro benzene ring substituents is 1. The fourth-order valence-corrected chi connectivity index (χ4v) is 3.22. The van der Waals surface area contributed by atoms with Gasteiger partial charge in [-0.15, -0.1) is 0 Å². The molecule has 0 spiro atoms. The lowest BCUT2D eigenvalue weighted by Gasteiger charge is -2.06. The number of hydrogen-bond donors (Lipinski definition) is 1. The van der Waals surface area contributed by atoms with E-state index in [1.807, 2.05) is 18.5 Å². The molecule has 0 radical (unpaired) electrons. The van der Waals surface area contributed by atoms with Gasteiger partial charge in [0, 0.05) is 31.0 Å². The topological polar surface area (TPSA) is 94.6 Å². The van der Waals surface area contributed by atoms with Crippen LogP contribution >= 0.6 is 0 Å². The lowest BCUT2D eigenvalue weighted by atomic mass is 9.98. The maximum Gasteiger partial charge on any atom is 0.279 e. The largest absolute Gasteiger partial charge is 0.497 e. The highest BCUT2D eigenvalue weighted by Crippen LogP contribution is 2.34. The van der Waals surface area contributed by atoms with Crippen LogP contribution in [-0.4, -0.2) is 34.1 Å². The minimum absolute atomic E-state index is 0.0512. The summed E-state index contributed by atoms with van der Waals surface area (Å²) < 4.78 is 6.98. The predicted octanol–water partition coefficient (Wildman–Crippen LogP) is 3.89. The minimum atomic E-state index is -0.438. The van der Waals surface area contributed by atoms with Gasteiger partial charge in [0.25, 0.3) is 5.69 Å². The number of nitro benzene ring substituents is 1. The molecule has 3 rings (SSSR count). The number of carbonyl (C=O) groups excluding carboxylic acids is 1. The van der Waals surface area contributed by atoms with Crippen LogP contribution in [0.2, 0.25) is 0 Å². The highest BCUT2D eigenvalue weighted by Gasteiger charge is 2.27. The number of aliphatic hydroxyl groups is 1. The average Bonchev–Trinajstić information content (AvgIpc) is 3.00. The third-order valence-electron chi connectivity index (χ3n) is 4.44. The zero-order valence-corrected chi connectivity index (χ0v) is 16.4. The number of aliphatic hydroxyl groups excluding tert-OH is 1. The van der Waals surface area contributed by atoms with E-state index in [-0.39, 0.29) is 18.1 Å². The first-order valence-corrected chi connectivity index (χ1v) is 8.95. The fraction of sp³-hybridized carbons (Fsp3) is 0.286. The summed E-state index contributed by atoms with van der Waals surface area (Å²) in [6.45, 7) is 3.87. The molecule has 0 atom stereocenters. The lowest BCUT2D eigenvalue weighted by molar-refractivity contribution is -0.383. The number of benzene rings is 2. The quantitative estimate of drug-likeness (QED) is 0.409. The van der Waals surface area contributed by atoms with Crippen molar-refractivity contribution in [3.63, 3.8) is 0 Å². The number of methoxy groups -OCH3 is 1. The number of ketones is 1. The van der Waals surface area contributed by atoms with Crippen LogP contribution in [0.1, 0.15) is 35.5 Å². The van der Waals surface area contributed by atoms with Gasteiger partial charge in [0.15, 0.2) is 5.78 Å². The first kappa shape index (κ1) is 21.1. The van der Waals surface area contributed by atoms with Crippen molar-refractivity contribution in [2.24, 2.45) is 7.05 Å². The number of ether oxygens (including phenoxy) is 1. The number of aryl methyl sites for hydroxylation is 1. The Bertz CT molecular complexity index is 990. The Morgan fingerprint density at radius 2 is 1.79 bits per heavy atom. The van der Waals surface area contributed by atoms with Crippen molar-refractivity contribution in [3.8, 4) is 5.75 Å². The summed E-state index contributed by atoms with van der Waals surface area (Å²) >= 11 is 0. The molecular formula is C21H24N2O5. The average molecular weight is 384 g/mol. The highest BCUT2D eigenvalue weighted by molar-refractivity contribution is 6.19. The number of rotatable bonds is 5. The molecule has 0 aliphatic carbocycles. The van der Waals surface area contributed by atoms with E-state index in [2.05, 4.69) is 0 Å². The van der Waals surface area contributed by atoms with Gasteiger partial charge < -0.3 is 14.4 Å². The van der Waals surface area contributed by atoms with E-state index < -0.39 is 4.92 Å². The molecule has 0 aliphatic heterocycles. The van der Waals surface area contributed by atoms with Gasteiger partial charge in [-0.25, -0.2) is 0 Å². The van der Waals surface area contributed by atoms with Crippen LogP contribution in [0, 0.1) is 10.1 Å². The van der Waals surface area contributed by atoms with Gasteiger partial charge in [0.2, 0.25) is 0 Å². The van der Waals surface area contributed by atoms with Crippen LogP contribution in [0.4, 0.5) is 5.69 Å². The number of aromatic nitrogens is 1. The number of nitro groups is 1. The zero-order valence-electron chi connectivity index (χ0n) is 16.4. The monoisotopic (exact) mass is 384 g/mol. The minimum Gasteiger partial charge on any atom is -0.497 e. The highest BCUT2D eigenvalue weighted by atomic mass is 16.6. The first-order valence-electron chi connectivity index (χ1n) is 8.95. The van der Waals surface area contributed by atoms with Crippen LogP contribution in [-0.2, 0) is 13.5 Å². The molecule has 0 amide bonds. The van der Waals surface area contributed by atoms with Gasteiger partial charge in [0.1, 0.15) is 5.75 Å². The molecular weight excluding hydrogens is 360 g/mol. The third-order valence-corrected chi connectivity index (χ3v) is 4.44. The van der Waals surface area contributed by atoms with Gasteiger partial charge in [0.05, 0.1) is 28.5 Å². The van der Waals surface area contributed by atoms with E-state index in [0.29, 0.717) is 34.2 Å². The van der Waals surface area contributed by atoms with Gasteiger partial charge in [-0.2, -0.15) is 0 Å². The number of fused-ring (bicyclic) bond motifs is 1. The molecule has 148 valence electrons. The maximum atomic E-state index is 13.2.